The minimum absolute atomic E-state index is 0.340. The van der Waals surface area contributed by atoms with E-state index in [0.29, 0.717) is 24.4 Å². The van der Waals surface area contributed by atoms with E-state index in [9.17, 15) is 0 Å². The maximum atomic E-state index is 9.00. The molecule has 0 rings (SSSR count). The highest BCUT2D eigenvalue weighted by atomic mass is 16.3. The van der Waals surface area contributed by atoms with Crippen LogP contribution in [0.1, 0.15) is 34.1 Å². The smallest absolute Gasteiger partial charge is 0.0464 e. The summed E-state index contributed by atoms with van der Waals surface area (Å²) in [7, 11) is 0. The molecule has 0 aliphatic heterocycles. The van der Waals surface area contributed by atoms with Crippen LogP contribution in [-0.4, -0.2) is 11.7 Å². The molecule has 0 radical (unpaired) electrons. The predicted octanol–water partition coefficient (Wildman–Crippen LogP) is 2.30. The minimum atomic E-state index is 0.340. The first kappa shape index (κ1) is 9.96. The van der Waals surface area contributed by atoms with Gasteiger partial charge in [-0.15, -0.1) is 0 Å². The quantitative estimate of drug-likeness (QED) is 0.642. The molecule has 0 bridgehead atoms. The highest BCUT2D eigenvalue weighted by Gasteiger charge is 2.17. The van der Waals surface area contributed by atoms with E-state index in [-0.39, 0.29) is 0 Å². The van der Waals surface area contributed by atoms with Crippen LogP contribution in [0.25, 0.3) is 0 Å². The van der Waals surface area contributed by atoms with Crippen LogP contribution in [0.15, 0.2) is 0 Å². The number of hydrogen-bond acceptors (Lipinski definition) is 1. The van der Waals surface area contributed by atoms with Gasteiger partial charge in [0.15, 0.2) is 0 Å². The van der Waals surface area contributed by atoms with Gasteiger partial charge in [0.25, 0.3) is 0 Å². The largest absolute Gasteiger partial charge is 0.396 e. The van der Waals surface area contributed by atoms with Crippen molar-refractivity contribution in [3.05, 3.63) is 0 Å². The molecule has 0 saturated carbocycles. The molecule has 0 saturated heterocycles. The molecule has 1 N–H and O–H groups in total. The predicted molar refractivity (Wildman–Crippen MR) is 44.9 cm³/mol. The molecule has 2 atom stereocenters. The molecule has 10 heavy (non-hydrogen) atoms. The van der Waals surface area contributed by atoms with Crippen LogP contribution < -0.4 is 0 Å². The highest BCUT2D eigenvalue weighted by Crippen LogP contribution is 2.22. The number of aliphatic hydroxyl groups excluding tert-OH is 1. The van der Waals surface area contributed by atoms with Crippen LogP contribution in [-0.2, 0) is 0 Å². The normalized spacial score (nSPS) is 17.4. The van der Waals surface area contributed by atoms with Crippen molar-refractivity contribution < 1.29 is 5.11 Å². The molecule has 0 aliphatic rings. The van der Waals surface area contributed by atoms with E-state index < -0.39 is 0 Å². The van der Waals surface area contributed by atoms with Crippen molar-refractivity contribution in [1.29, 1.82) is 0 Å². The molecule has 0 aromatic carbocycles. The first-order valence-corrected chi connectivity index (χ1v) is 4.24. The van der Waals surface area contributed by atoms with E-state index in [1.807, 2.05) is 0 Å². The number of hydrogen-bond donors (Lipinski definition) is 1. The first-order chi connectivity index (χ1) is 4.63. The lowest BCUT2D eigenvalue weighted by molar-refractivity contribution is 0.140. The molecule has 0 heterocycles. The van der Waals surface area contributed by atoms with Crippen LogP contribution in [0.2, 0.25) is 0 Å². The first-order valence-electron chi connectivity index (χ1n) is 4.24. The van der Waals surface area contributed by atoms with Gasteiger partial charge in [0.1, 0.15) is 0 Å². The third-order valence-corrected chi connectivity index (χ3v) is 2.44. The average molecular weight is 144 g/mol. The van der Waals surface area contributed by atoms with Gasteiger partial charge in [0, 0.05) is 6.61 Å². The second-order valence-electron chi connectivity index (χ2n) is 3.48. The molecule has 0 fully saturated rings. The third-order valence-electron chi connectivity index (χ3n) is 2.44. The van der Waals surface area contributed by atoms with E-state index in [1.165, 1.54) is 6.42 Å². The number of aliphatic hydroxyl groups is 1. The standard InChI is InChI=1S/C9H20O/c1-5-8(4)9(6-10)7(2)3/h7-10H,5-6H2,1-4H3/t8-,9+/m1/s1. The molecule has 0 aromatic rings. The molecular weight excluding hydrogens is 124 g/mol. The summed E-state index contributed by atoms with van der Waals surface area (Å²) >= 11 is 0. The van der Waals surface area contributed by atoms with E-state index in [1.54, 1.807) is 0 Å². The van der Waals surface area contributed by atoms with Crippen LogP contribution in [0, 0.1) is 17.8 Å². The fourth-order valence-corrected chi connectivity index (χ4v) is 1.35. The molecule has 0 aromatic heterocycles. The molecule has 1 heteroatoms. The van der Waals surface area contributed by atoms with Gasteiger partial charge in [-0.05, 0) is 17.8 Å². The second kappa shape index (κ2) is 4.73. The minimum Gasteiger partial charge on any atom is -0.396 e. The Hall–Kier alpha value is -0.0400. The molecule has 0 amide bonds. The van der Waals surface area contributed by atoms with Crippen molar-refractivity contribution >= 4 is 0 Å². The Morgan fingerprint density at radius 2 is 1.70 bits per heavy atom. The molecule has 1 nitrogen and oxygen atoms in total. The van der Waals surface area contributed by atoms with Crippen molar-refractivity contribution in [2.24, 2.45) is 17.8 Å². The van der Waals surface area contributed by atoms with E-state index in [4.69, 9.17) is 5.11 Å². The summed E-state index contributed by atoms with van der Waals surface area (Å²) in [5.74, 6) is 1.76. The van der Waals surface area contributed by atoms with Crippen molar-refractivity contribution in [2.45, 2.75) is 34.1 Å². The maximum Gasteiger partial charge on any atom is 0.0464 e. The second-order valence-corrected chi connectivity index (χ2v) is 3.48. The van der Waals surface area contributed by atoms with Gasteiger partial charge in [0.05, 0.1) is 0 Å². The fraction of sp³-hybridized carbons (Fsp3) is 1.00. The lowest BCUT2D eigenvalue weighted by Crippen LogP contribution is -2.20. The van der Waals surface area contributed by atoms with E-state index in [0.717, 1.165) is 0 Å². The van der Waals surface area contributed by atoms with Crippen LogP contribution in [0.5, 0.6) is 0 Å². The highest BCUT2D eigenvalue weighted by molar-refractivity contribution is 4.67. The Morgan fingerprint density at radius 3 is 1.80 bits per heavy atom. The summed E-state index contributed by atoms with van der Waals surface area (Å²) in [5, 5.41) is 9.00. The summed E-state index contributed by atoms with van der Waals surface area (Å²) < 4.78 is 0. The molecule has 0 aliphatic carbocycles. The lowest BCUT2D eigenvalue weighted by Gasteiger charge is -2.24. The summed E-state index contributed by atoms with van der Waals surface area (Å²) in [6.45, 7) is 9.07. The van der Waals surface area contributed by atoms with Gasteiger partial charge in [0.2, 0.25) is 0 Å². The monoisotopic (exact) mass is 144 g/mol. The summed E-state index contributed by atoms with van der Waals surface area (Å²) in [6, 6.07) is 0. The molecule has 0 spiro atoms. The Labute approximate surface area is 64.5 Å². The topological polar surface area (TPSA) is 20.2 Å². The molecule has 0 unspecified atom stereocenters. The van der Waals surface area contributed by atoms with Gasteiger partial charge in [-0.25, -0.2) is 0 Å². The van der Waals surface area contributed by atoms with Gasteiger partial charge in [-0.3, -0.25) is 0 Å². The van der Waals surface area contributed by atoms with Crippen molar-refractivity contribution in [2.75, 3.05) is 6.61 Å². The SMILES string of the molecule is CC[C@@H](C)[C@@H](CO)C(C)C. The van der Waals surface area contributed by atoms with Gasteiger partial charge >= 0.3 is 0 Å². The molecule has 62 valence electrons. The summed E-state index contributed by atoms with van der Waals surface area (Å²) in [4.78, 5) is 0. The van der Waals surface area contributed by atoms with Gasteiger partial charge in [-0.2, -0.15) is 0 Å². The Morgan fingerprint density at radius 1 is 1.20 bits per heavy atom. The van der Waals surface area contributed by atoms with Gasteiger partial charge in [-0.1, -0.05) is 34.1 Å². The zero-order chi connectivity index (χ0) is 8.15. The van der Waals surface area contributed by atoms with E-state index in [2.05, 4.69) is 27.7 Å². The summed E-state index contributed by atoms with van der Waals surface area (Å²) in [5.41, 5.74) is 0. The Balaban J connectivity index is 3.80. The van der Waals surface area contributed by atoms with Crippen LogP contribution in [0.4, 0.5) is 0 Å². The molecular formula is C9H20O. The van der Waals surface area contributed by atoms with Crippen molar-refractivity contribution in [3.63, 3.8) is 0 Å². The van der Waals surface area contributed by atoms with Gasteiger partial charge < -0.3 is 5.11 Å². The lowest BCUT2D eigenvalue weighted by atomic mass is 9.84. The fourth-order valence-electron chi connectivity index (χ4n) is 1.35. The third kappa shape index (κ3) is 2.70. The summed E-state index contributed by atoms with van der Waals surface area (Å²) in [6.07, 6.45) is 1.17. The average Bonchev–Trinajstić information content (AvgIpc) is 1.88. The maximum absolute atomic E-state index is 9.00. The Bertz CT molecular complexity index is 78.8. The van der Waals surface area contributed by atoms with Crippen LogP contribution in [0.3, 0.4) is 0 Å². The Kier molecular flexibility index (Phi) is 4.71. The van der Waals surface area contributed by atoms with Crippen molar-refractivity contribution in [3.8, 4) is 0 Å². The zero-order valence-electron chi connectivity index (χ0n) is 7.59. The zero-order valence-corrected chi connectivity index (χ0v) is 7.59. The van der Waals surface area contributed by atoms with E-state index >= 15 is 0 Å². The number of rotatable bonds is 4. The van der Waals surface area contributed by atoms with Crippen molar-refractivity contribution in [1.82, 2.24) is 0 Å². The van der Waals surface area contributed by atoms with Crippen LogP contribution >= 0.6 is 0 Å².